The summed E-state index contributed by atoms with van der Waals surface area (Å²) in [5, 5.41) is 9.96. The van der Waals surface area contributed by atoms with Crippen molar-refractivity contribution in [2.75, 3.05) is 13.1 Å². The Balaban J connectivity index is 0.00000220. The predicted molar refractivity (Wildman–Crippen MR) is 72.7 cm³/mol. The van der Waals surface area contributed by atoms with Crippen molar-refractivity contribution in [1.29, 1.82) is 0 Å². The first kappa shape index (κ1) is 17.7. The number of alkyl halides is 2. The van der Waals surface area contributed by atoms with Crippen molar-refractivity contribution in [2.24, 2.45) is 5.73 Å². The lowest BCUT2D eigenvalue weighted by atomic mass is 10.0. The lowest BCUT2D eigenvalue weighted by Crippen LogP contribution is -2.46. The minimum Gasteiger partial charge on any atom is -0.386 e. The molecule has 8 heteroatoms. The predicted octanol–water partition coefficient (Wildman–Crippen LogP) is 1.48. The Labute approximate surface area is 126 Å². The van der Waals surface area contributed by atoms with Gasteiger partial charge in [-0.25, -0.2) is 13.2 Å². The Bertz CT molecular complexity index is 499. The number of likely N-dealkylation sites (tertiary alicyclic amines) is 1. The molecule has 1 aromatic rings. The monoisotopic (exact) mass is 324 g/mol. The molecule has 1 amide bonds. The van der Waals surface area contributed by atoms with Gasteiger partial charge in [0, 0.05) is 13.0 Å². The summed E-state index contributed by atoms with van der Waals surface area (Å²) in [7, 11) is 0. The van der Waals surface area contributed by atoms with Gasteiger partial charge in [0.25, 0.3) is 5.92 Å². The summed E-state index contributed by atoms with van der Waals surface area (Å²) in [5.74, 6) is -4.13. The molecule has 1 fully saturated rings. The summed E-state index contributed by atoms with van der Waals surface area (Å²) in [5.41, 5.74) is 5.88. The molecule has 0 bridgehead atoms. The normalized spacial score (nSPS) is 19.8. The van der Waals surface area contributed by atoms with Crippen LogP contribution in [0.5, 0.6) is 0 Å². The van der Waals surface area contributed by atoms with Crippen molar-refractivity contribution in [3.63, 3.8) is 0 Å². The lowest BCUT2D eigenvalue weighted by Gasteiger charge is -2.24. The number of benzene rings is 1. The molecule has 118 valence electrons. The highest BCUT2D eigenvalue weighted by molar-refractivity contribution is 5.85. The van der Waals surface area contributed by atoms with Crippen LogP contribution in [-0.4, -0.2) is 41.0 Å². The van der Waals surface area contributed by atoms with Crippen molar-refractivity contribution in [1.82, 2.24) is 4.90 Å². The molecule has 1 heterocycles. The minimum atomic E-state index is -2.91. The number of aliphatic hydroxyl groups is 1. The second-order valence-corrected chi connectivity index (χ2v) is 4.89. The molecule has 0 aromatic heterocycles. The number of nitrogens with zero attached hydrogens (tertiary/aromatic N) is 1. The van der Waals surface area contributed by atoms with E-state index >= 15 is 0 Å². The average Bonchev–Trinajstić information content (AvgIpc) is 2.77. The van der Waals surface area contributed by atoms with Crippen molar-refractivity contribution in [2.45, 2.75) is 24.5 Å². The van der Waals surface area contributed by atoms with Crippen molar-refractivity contribution >= 4 is 18.3 Å². The molecule has 0 spiro atoms. The first-order valence-corrected chi connectivity index (χ1v) is 6.16. The fourth-order valence-corrected chi connectivity index (χ4v) is 2.14. The van der Waals surface area contributed by atoms with Gasteiger partial charge in [-0.3, -0.25) is 4.79 Å². The highest BCUT2D eigenvalue weighted by Gasteiger charge is 2.42. The minimum absolute atomic E-state index is 0. The molecule has 2 rings (SSSR count). The first-order chi connectivity index (χ1) is 9.30. The number of carbonyl (C=O) groups is 1. The highest BCUT2D eigenvalue weighted by atomic mass is 35.5. The molecule has 21 heavy (non-hydrogen) atoms. The van der Waals surface area contributed by atoms with Gasteiger partial charge in [-0.2, -0.15) is 0 Å². The second-order valence-electron chi connectivity index (χ2n) is 4.89. The summed E-state index contributed by atoms with van der Waals surface area (Å²) >= 11 is 0. The Morgan fingerprint density at radius 1 is 1.33 bits per heavy atom. The van der Waals surface area contributed by atoms with Crippen LogP contribution in [0.3, 0.4) is 0 Å². The fraction of sp³-hybridized carbons (Fsp3) is 0.462. The van der Waals surface area contributed by atoms with E-state index in [1.165, 1.54) is 12.1 Å². The molecule has 0 saturated carbocycles. The topological polar surface area (TPSA) is 66.6 Å². The Morgan fingerprint density at radius 2 is 1.90 bits per heavy atom. The number of hydrogen-bond acceptors (Lipinski definition) is 3. The van der Waals surface area contributed by atoms with E-state index in [-0.39, 0.29) is 24.5 Å². The van der Waals surface area contributed by atoms with Crippen molar-refractivity contribution in [3.05, 3.63) is 35.6 Å². The number of nitrogens with two attached hydrogens (primary N) is 1. The maximum atomic E-state index is 13.0. The lowest BCUT2D eigenvalue weighted by molar-refractivity contribution is -0.135. The Morgan fingerprint density at radius 3 is 2.38 bits per heavy atom. The molecule has 0 radical (unpaired) electrons. The molecular formula is C13H16ClF3N2O2. The molecule has 1 aliphatic rings. The van der Waals surface area contributed by atoms with Crippen LogP contribution in [-0.2, 0) is 4.79 Å². The van der Waals surface area contributed by atoms with E-state index in [4.69, 9.17) is 5.73 Å². The smallest absolute Gasteiger partial charge is 0.267 e. The Kier molecular flexibility index (Phi) is 5.61. The number of aliphatic hydroxyl groups excluding tert-OH is 1. The maximum absolute atomic E-state index is 13.0. The molecule has 4 nitrogen and oxygen atoms in total. The quantitative estimate of drug-likeness (QED) is 0.885. The number of rotatable bonds is 3. The number of carbonyl (C=O) groups excluding carboxylic acids is 1. The molecule has 1 saturated heterocycles. The second kappa shape index (κ2) is 6.64. The van der Waals surface area contributed by atoms with Gasteiger partial charge in [0.1, 0.15) is 18.0 Å². The Hall–Kier alpha value is -1.31. The van der Waals surface area contributed by atoms with E-state index in [9.17, 15) is 23.1 Å². The van der Waals surface area contributed by atoms with E-state index in [0.29, 0.717) is 0 Å². The average molecular weight is 325 g/mol. The zero-order valence-corrected chi connectivity index (χ0v) is 11.8. The summed E-state index contributed by atoms with van der Waals surface area (Å²) in [4.78, 5) is 12.9. The zero-order valence-electron chi connectivity index (χ0n) is 11.0. The summed E-state index contributed by atoms with van der Waals surface area (Å²) < 4.78 is 38.9. The van der Waals surface area contributed by atoms with Crippen LogP contribution in [0, 0.1) is 5.82 Å². The van der Waals surface area contributed by atoms with Crippen molar-refractivity contribution < 1.29 is 23.1 Å². The van der Waals surface area contributed by atoms with E-state index in [2.05, 4.69) is 0 Å². The van der Waals surface area contributed by atoms with Crippen LogP contribution in [0.2, 0.25) is 0 Å². The highest BCUT2D eigenvalue weighted by Crippen LogP contribution is 2.28. The molecule has 3 N–H and O–H groups in total. The SMILES string of the molecule is Cl.N[C@@H](C(=O)N1CCC(F)(F)C1)[C@@H](O)c1ccc(F)cc1. The van der Waals surface area contributed by atoms with Gasteiger partial charge < -0.3 is 15.7 Å². The molecular weight excluding hydrogens is 309 g/mol. The fourth-order valence-electron chi connectivity index (χ4n) is 2.14. The summed E-state index contributed by atoms with van der Waals surface area (Å²) in [6.07, 6.45) is -1.77. The van der Waals surface area contributed by atoms with Gasteiger partial charge in [-0.05, 0) is 17.7 Å². The largest absolute Gasteiger partial charge is 0.386 e. The van der Waals surface area contributed by atoms with Crippen LogP contribution in [0.15, 0.2) is 24.3 Å². The van der Waals surface area contributed by atoms with E-state index in [1.807, 2.05) is 0 Å². The van der Waals surface area contributed by atoms with Crippen molar-refractivity contribution in [3.8, 4) is 0 Å². The van der Waals surface area contributed by atoms with E-state index in [1.54, 1.807) is 0 Å². The summed E-state index contributed by atoms with van der Waals surface area (Å²) in [6, 6.07) is 3.49. The molecule has 1 aromatic carbocycles. The van der Waals surface area contributed by atoms with Gasteiger partial charge in [-0.1, -0.05) is 12.1 Å². The molecule has 2 atom stereocenters. The zero-order chi connectivity index (χ0) is 14.9. The number of amides is 1. The van der Waals surface area contributed by atoms with Gasteiger partial charge >= 0.3 is 0 Å². The van der Waals surface area contributed by atoms with Crippen LogP contribution in [0.4, 0.5) is 13.2 Å². The van der Waals surface area contributed by atoms with E-state index < -0.39 is 42.8 Å². The first-order valence-electron chi connectivity index (χ1n) is 6.16. The molecule has 0 unspecified atom stereocenters. The number of halogens is 4. The van der Waals surface area contributed by atoms with Crippen LogP contribution >= 0.6 is 12.4 Å². The molecule has 1 aliphatic heterocycles. The van der Waals surface area contributed by atoms with Gasteiger partial charge in [0.2, 0.25) is 5.91 Å². The standard InChI is InChI=1S/C13H15F3N2O2.ClH/c14-9-3-1-8(2-4-9)11(19)10(17)12(20)18-6-5-13(15,16)7-18;/h1-4,10-11,19H,5-7,17H2;1H/t10-,11+;/m1./s1. The van der Waals surface area contributed by atoms with Gasteiger partial charge in [0.15, 0.2) is 0 Å². The maximum Gasteiger partial charge on any atom is 0.267 e. The molecule has 0 aliphatic carbocycles. The van der Waals surface area contributed by atoms with Gasteiger partial charge in [0.05, 0.1) is 6.54 Å². The van der Waals surface area contributed by atoms with Crippen LogP contribution in [0.25, 0.3) is 0 Å². The third-order valence-electron chi connectivity index (χ3n) is 3.32. The third-order valence-corrected chi connectivity index (χ3v) is 3.32. The van der Waals surface area contributed by atoms with Crippen LogP contribution < -0.4 is 5.73 Å². The third kappa shape index (κ3) is 4.09. The van der Waals surface area contributed by atoms with E-state index in [0.717, 1.165) is 17.0 Å². The summed E-state index contributed by atoms with van der Waals surface area (Å²) in [6.45, 7) is -0.772. The van der Waals surface area contributed by atoms with Crippen LogP contribution in [0.1, 0.15) is 18.1 Å². The number of hydrogen-bond donors (Lipinski definition) is 2. The van der Waals surface area contributed by atoms with Gasteiger partial charge in [-0.15, -0.1) is 12.4 Å².